The van der Waals surface area contributed by atoms with Crippen LogP contribution in [0.5, 0.6) is 0 Å². The highest BCUT2D eigenvalue weighted by atomic mass is 16.3. The van der Waals surface area contributed by atoms with Gasteiger partial charge in [0.05, 0.1) is 12.6 Å². The molecule has 1 rings (SSSR count). The van der Waals surface area contributed by atoms with Gasteiger partial charge >= 0.3 is 0 Å². The summed E-state index contributed by atoms with van der Waals surface area (Å²) in [6, 6.07) is 0.0131. The third kappa shape index (κ3) is 2.99. The Morgan fingerprint density at radius 1 is 1.54 bits per heavy atom. The molecule has 0 aromatic carbocycles. The van der Waals surface area contributed by atoms with Crippen LogP contribution in [-0.4, -0.2) is 23.7 Å². The predicted octanol–water partition coefficient (Wildman–Crippen LogP) is 1.06. The summed E-state index contributed by atoms with van der Waals surface area (Å²) in [5.74, 6) is 0.291. The van der Waals surface area contributed by atoms with E-state index in [1.807, 2.05) is 0 Å². The molecule has 0 bridgehead atoms. The number of nitrogens with one attached hydrogen (secondary N) is 1. The van der Waals surface area contributed by atoms with Gasteiger partial charge in [0.1, 0.15) is 0 Å². The summed E-state index contributed by atoms with van der Waals surface area (Å²) in [7, 11) is 0. The second-order valence-electron chi connectivity index (χ2n) is 3.82. The van der Waals surface area contributed by atoms with Crippen LogP contribution in [-0.2, 0) is 4.79 Å². The molecule has 1 heterocycles. The van der Waals surface area contributed by atoms with E-state index in [2.05, 4.69) is 12.2 Å². The first-order chi connectivity index (χ1) is 6.27. The van der Waals surface area contributed by atoms with Crippen LogP contribution in [0.4, 0.5) is 0 Å². The van der Waals surface area contributed by atoms with Crippen molar-refractivity contribution in [3.8, 4) is 0 Å². The van der Waals surface area contributed by atoms with Crippen LogP contribution < -0.4 is 5.32 Å². The van der Waals surface area contributed by atoms with Gasteiger partial charge in [0, 0.05) is 5.92 Å². The highest BCUT2D eigenvalue weighted by Crippen LogP contribution is 2.21. The van der Waals surface area contributed by atoms with Crippen molar-refractivity contribution in [2.75, 3.05) is 6.61 Å². The lowest BCUT2D eigenvalue weighted by molar-refractivity contribution is -0.122. The Bertz CT molecular complexity index is 170. The molecule has 1 fully saturated rings. The van der Waals surface area contributed by atoms with E-state index in [1.54, 1.807) is 0 Å². The van der Waals surface area contributed by atoms with Gasteiger partial charge in [0.2, 0.25) is 5.91 Å². The average molecular weight is 185 g/mol. The fraction of sp³-hybridized carbons (Fsp3) is 0.900. The van der Waals surface area contributed by atoms with Gasteiger partial charge in [-0.25, -0.2) is 0 Å². The Morgan fingerprint density at radius 3 is 2.85 bits per heavy atom. The van der Waals surface area contributed by atoms with Crippen LogP contribution in [0, 0.1) is 5.92 Å². The van der Waals surface area contributed by atoms with Crippen molar-refractivity contribution in [1.29, 1.82) is 0 Å². The molecule has 1 aliphatic heterocycles. The third-order valence-electron chi connectivity index (χ3n) is 2.66. The monoisotopic (exact) mass is 185 g/mol. The van der Waals surface area contributed by atoms with E-state index in [-0.39, 0.29) is 24.5 Å². The standard InChI is InChI=1S/C10H19NO2/c1-2-3-4-5-8-6-9(7-12)11-10(8)13/h8-9,12H,2-7H2,1H3,(H,11,13). The van der Waals surface area contributed by atoms with Crippen molar-refractivity contribution in [3.63, 3.8) is 0 Å². The SMILES string of the molecule is CCCCCC1CC(CO)NC1=O. The molecule has 0 aliphatic carbocycles. The van der Waals surface area contributed by atoms with Gasteiger partial charge in [-0.1, -0.05) is 26.2 Å². The first-order valence-electron chi connectivity index (χ1n) is 5.19. The molecule has 3 heteroatoms. The summed E-state index contributed by atoms with van der Waals surface area (Å²) < 4.78 is 0. The Hall–Kier alpha value is -0.570. The van der Waals surface area contributed by atoms with Crippen LogP contribution >= 0.6 is 0 Å². The largest absolute Gasteiger partial charge is 0.394 e. The number of carbonyl (C=O) groups excluding carboxylic acids is 1. The van der Waals surface area contributed by atoms with Crippen LogP contribution in [0.2, 0.25) is 0 Å². The molecule has 1 amide bonds. The number of hydrogen-bond donors (Lipinski definition) is 2. The lowest BCUT2D eigenvalue weighted by atomic mass is 9.98. The van der Waals surface area contributed by atoms with Crippen molar-refractivity contribution in [3.05, 3.63) is 0 Å². The molecule has 2 unspecified atom stereocenters. The van der Waals surface area contributed by atoms with Gasteiger partial charge in [0.15, 0.2) is 0 Å². The van der Waals surface area contributed by atoms with E-state index in [9.17, 15) is 4.79 Å². The molecule has 13 heavy (non-hydrogen) atoms. The lowest BCUT2D eigenvalue weighted by Crippen LogP contribution is -2.28. The van der Waals surface area contributed by atoms with Crippen LogP contribution in [0.25, 0.3) is 0 Å². The Balaban J connectivity index is 2.23. The molecule has 0 saturated carbocycles. The number of hydrogen-bond acceptors (Lipinski definition) is 2. The average Bonchev–Trinajstić information content (AvgIpc) is 2.48. The number of unbranched alkanes of at least 4 members (excludes halogenated alkanes) is 2. The molecule has 1 saturated heterocycles. The molecule has 1 aliphatic rings. The molecule has 3 nitrogen and oxygen atoms in total. The number of carbonyl (C=O) groups is 1. The molecule has 0 spiro atoms. The van der Waals surface area contributed by atoms with E-state index < -0.39 is 0 Å². The zero-order chi connectivity index (χ0) is 9.68. The zero-order valence-corrected chi connectivity index (χ0v) is 8.25. The van der Waals surface area contributed by atoms with Gasteiger partial charge in [-0.3, -0.25) is 4.79 Å². The van der Waals surface area contributed by atoms with E-state index in [4.69, 9.17) is 5.11 Å². The molecule has 0 aromatic rings. The maximum Gasteiger partial charge on any atom is 0.223 e. The molecule has 0 radical (unpaired) electrons. The van der Waals surface area contributed by atoms with Crippen molar-refractivity contribution in [2.24, 2.45) is 5.92 Å². The quantitative estimate of drug-likeness (QED) is 0.629. The lowest BCUT2D eigenvalue weighted by Gasteiger charge is -2.05. The second-order valence-corrected chi connectivity index (χ2v) is 3.82. The van der Waals surface area contributed by atoms with Crippen LogP contribution in [0.1, 0.15) is 39.0 Å². The maximum atomic E-state index is 11.3. The summed E-state index contributed by atoms with van der Waals surface area (Å²) in [6.45, 7) is 2.24. The summed E-state index contributed by atoms with van der Waals surface area (Å²) in [6.07, 6.45) is 5.33. The van der Waals surface area contributed by atoms with Crippen molar-refractivity contribution < 1.29 is 9.90 Å². The summed E-state index contributed by atoms with van der Waals surface area (Å²) >= 11 is 0. The molecule has 2 N–H and O–H groups in total. The molecular formula is C10H19NO2. The Morgan fingerprint density at radius 2 is 2.31 bits per heavy atom. The number of aliphatic hydroxyl groups excluding tert-OH is 1. The Labute approximate surface area is 79.5 Å². The van der Waals surface area contributed by atoms with Gasteiger partial charge in [-0.15, -0.1) is 0 Å². The predicted molar refractivity (Wildman–Crippen MR) is 51.3 cm³/mol. The van der Waals surface area contributed by atoms with Crippen LogP contribution in [0.3, 0.4) is 0 Å². The first kappa shape index (κ1) is 10.5. The zero-order valence-electron chi connectivity index (χ0n) is 8.25. The number of amides is 1. The van der Waals surface area contributed by atoms with Crippen molar-refractivity contribution in [1.82, 2.24) is 5.32 Å². The van der Waals surface area contributed by atoms with Crippen molar-refractivity contribution in [2.45, 2.75) is 45.1 Å². The van der Waals surface area contributed by atoms with E-state index >= 15 is 0 Å². The highest BCUT2D eigenvalue weighted by Gasteiger charge is 2.30. The molecule has 76 valence electrons. The Kier molecular flexibility index (Phi) is 4.22. The molecular weight excluding hydrogens is 166 g/mol. The second kappa shape index (κ2) is 5.22. The number of rotatable bonds is 5. The summed E-state index contributed by atoms with van der Waals surface area (Å²) in [4.78, 5) is 11.3. The summed E-state index contributed by atoms with van der Waals surface area (Å²) in [5, 5.41) is 11.7. The smallest absolute Gasteiger partial charge is 0.223 e. The van der Waals surface area contributed by atoms with Gasteiger partial charge < -0.3 is 10.4 Å². The normalized spacial score (nSPS) is 27.7. The minimum Gasteiger partial charge on any atom is -0.394 e. The number of aliphatic hydroxyl groups is 1. The minimum absolute atomic E-state index is 0.0131. The molecule has 0 aromatic heterocycles. The third-order valence-corrected chi connectivity index (χ3v) is 2.66. The fourth-order valence-corrected chi connectivity index (χ4v) is 1.84. The molecule has 2 atom stereocenters. The van der Waals surface area contributed by atoms with Gasteiger partial charge in [-0.05, 0) is 12.8 Å². The van der Waals surface area contributed by atoms with Crippen molar-refractivity contribution >= 4 is 5.91 Å². The first-order valence-corrected chi connectivity index (χ1v) is 5.19. The van der Waals surface area contributed by atoms with Gasteiger partial charge in [-0.2, -0.15) is 0 Å². The van der Waals surface area contributed by atoms with Crippen LogP contribution in [0.15, 0.2) is 0 Å². The minimum atomic E-state index is 0.0131. The van der Waals surface area contributed by atoms with E-state index in [0.717, 1.165) is 19.3 Å². The van der Waals surface area contributed by atoms with E-state index in [1.165, 1.54) is 12.8 Å². The van der Waals surface area contributed by atoms with E-state index in [0.29, 0.717) is 0 Å². The topological polar surface area (TPSA) is 49.3 Å². The fourth-order valence-electron chi connectivity index (χ4n) is 1.84. The summed E-state index contributed by atoms with van der Waals surface area (Å²) in [5.41, 5.74) is 0. The van der Waals surface area contributed by atoms with Gasteiger partial charge in [0.25, 0.3) is 0 Å². The maximum absolute atomic E-state index is 11.3. The highest BCUT2D eigenvalue weighted by molar-refractivity contribution is 5.81.